The molecule has 0 aromatic rings. The van der Waals surface area contributed by atoms with E-state index in [1.165, 1.54) is 0 Å². The van der Waals surface area contributed by atoms with Crippen LogP contribution >= 0.6 is 0 Å². The summed E-state index contributed by atoms with van der Waals surface area (Å²) < 4.78 is 5.41. The number of nitrogens with two attached hydrogens (primary N) is 1. The van der Waals surface area contributed by atoms with Gasteiger partial charge >= 0.3 is 0 Å². The topological polar surface area (TPSA) is 38.5 Å². The van der Waals surface area contributed by atoms with Gasteiger partial charge in [-0.15, -0.1) is 0 Å². The number of hydrogen-bond donors (Lipinski definition) is 1. The Morgan fingerprint density at radius 3 is 2.64 bits per heavy atom. The minimum Gasteiger partial charge on any atom is -0.376 e. The molecule has 1 heterocycles. The second kappa shape index (κ2) is 3.52. The zero-order chi connectivity index (χ0) is 8.32. The van der Waals surface area contributed by atoms with E-state index in [1.54, 1.807) is 7.11 Å². The minimum atomic E-state index is -0.0456. The van der Waals surface area contributed by atoms with Crippen LogP contribution in [-0.4, -0.2) is 43.8 Å². The molecule has 66 valence electrons. The van der Waals surface area contributed by atoms with Crippen molar-refractivity contribution in [3.05, 3.63) is 0 Å². The van der Waals surface area contributed by atoms with E-state index in [4.69, 9.17) is 10.5 Å². The van der Waals surface area contributed by atoms with Crippen LogP contribution in [0.4, 0.5) is 0 Å². The highest BCUT2D eigenvalue weighted by atomic mass is 16.5. The van der Waals surface area contributed by atoms with Gasteiger partial charge in [0.25, 0.3) is 0 Å². The maximum atomic E-state index is 5.64. The Labute approximate surface area is 68.5 Å². The van der Waals surface area contributed by atoms with Crippen LogP contribution < -0.4 is 5.73 Å². The van der Waals surface area contributed by atoms with Crippen LogP contribution in [0.25, 0.3) is 0 Å². The number of hydrogen-bond acceptors (Lipinski definition) is 3. The third-order valence-corrected chi connectivity index (χ3v) is 2.65. The Bertz CT molecular complexity index is 123. The van der Waals surface area contributed by atoms with Crippen LogP contribution in [0.1, 0.15) is 13.3 Å². The molecule has 0 saturated carbocycles. The molecule has 11 heavy (non-hydrogen) atoms. The van der Waals surface area contributed by atoms with Crippen LogP contribution in [0.5, 0.6) is 0 Å². The van der Waals surface area contributed by atoms with Crippen molar-refractivity contribution in [2.45, 2.75) is 18.9 Å². The van der Waals surface area contributed by atoms with E-state index in [1.807, 2.05) is 0 Å². The molecule has 1 aliphatic rings. The molecule has 1 atom stereocenters. The molecular weight excluding hydrogens is 140 g/mol. The molecule has 0 spiro atoms. The molecule has 3 heteroatoms. The first kappa shape index (κ1) is 8.97. The van der Waals surface area contributed by atoms with Gasteiger partial charge in [-0.25, -0.2) is 0 Å². The highest BCUT2D eigenvalue weighted by molar-refractivity contribution is 4.91. The fraction of sp³-hybridized carbons (Fsp3) is 1.00. The zero-order valence-electron chi connectivity index (χ0n) is 7.47. The van der Waals surface area contributed by atoms with Gasteiger partial charge in [-0.05, 0) is 13.0 Å². The Kier molecular flexibility index (Phi) is 2.87. The number of ether oxygens (including phenoxy) is 1. The van der Waals surface area contributed by atoms with Crippen LogP contribution in [0.15, 0.2) is 0 Å². The first-order valence-electron chi connectivity index (χ1n) is 4.24. The van der Waals surface area contributed by atoms with Gasteiger partial charge in [0.05, 0.1) is 5.60 Å². The SMILES string of the molecule is CCN1CCC(CN)(OC)C1. The fourth-order valence-corrected chi connectivity index (χ4v) is 1.61. The average Bonchev–Trinajstić information content (AvgIpc) is 2.49. The quantitative estimate of drug-likeness (QED) is 0.631. The number of methoxy groups -OCH3 is 1. The van der Waals surface area contributed by atoms with Crippen LogP contribution in [-0.2, 0) is 4.74 Å². The predicted octanol–water partition coefficient (Wildman–Crippen LogP) is 0.0559. The molecule has 0 radical (unpaired) electrons. The minimum absolute atomic E-state index is 0.0456. The van der Waals surface area contributed by atoms with Crippen molar-refractivity contribution >= 4 is 0 Å². The van der Waals surface area contributed by atoms with E-state index in [9.17, 15) is 0 Å². The maximum Gasteiger partial charge on any atom is 0.0938 e. The Balaban J connectivity index is 2.48. The summed E-state index contributed by atoms with van der Waals surface area (Å²) >= 11 is 0. The molecule has 0 bridgehead atoms. The predicted molar refractivity (Wildman–Crippen MR) is 45.5 cm³/mol. The summed E-state index contributed by atoms with van der Waals surface area (Å²) in [6, 6.07) is 0. The molecule has 0 amide bonds. The monoisotopic (exact) mass is 158 g/mol. The van der Waals surface area contributed by atoms with Crippen molar-refractivity contribution in [2.75, 3.05) is 33.3 Å². The average molecular weight is 158 g/mol. The zero-order valence-corrected chi connectivity index (χ0v) is 7.47. The molecule has 1 saturated heterocycles. The summed E-state index contributed by atoms with van der Waals surface area (Å²) in [6.45, 7) is 6.03. The molecule has 1 rings (SSSR count). The van der Waals surface area contributed by atoms with Crippen molar-refractivity contribution in [1.82, 2.24) is 4.90 Å². The van der Waals surface area contributed by atoms with Crippen LogP contribution in [0, 0.1) is 0 Å². The van der Waals surface area contributed by atoms with E-state index < -0.39 is 0 Å². The third kappa shape index (κ3) is 1.72. The molecule has 0 aromatic carbocycles. The molecule has 1 unspecified atom stereocenters. The second-order valence-corrected chi connectivity index (χ2v) is 3.21. The smallest absolute Gasteiger partial charge is 0.0938 e. The maximum absolute atomic E-state index is 5.64. The largest absolute Gasteiger partial charge is 0.376 e. The summed E-state index contributed by atoms with van der Waals surface area (Å²) in [6.07, 6.45) is 1.08. The van der Waals surface area contributed by atoms with Gasteiger partial charge < -0.3 is 15.4 Å². The lowest BCUT2D eigenvalue weighted by Gasteiger charge is -2.25. The Morgan fingerprint density at radius 2 is 2.36 bits per heavy atom. The highest BCUT2D eigenvalue weighted by Crippen LogP contribution is 2.22. The number of rotatable bonds is 3. The number of nitrogens with zero attached hydrogens (tertiary/aromatic N) is 1. The van der Waals surface area contributed by atoms with E-state index in [0.717, 1.165) is 26.1 Å². The van der Waals surface area contributed by atoms with Gasteiger partial charge in [0.1, 0.15) is 0 Å². The van der Waals surface area contributed by atoms with Crippen molar-refractivity contribution in [3.63, 3.8) is 0 Å². The molecule has 3 nitrogen and oxygen atoms in total. The molecule has 1 aliphatic heterocycles. The molecule has 0 aliphatic carbocycles. The van der Waals surface area contributed by atoms with Crippen molar-refractivity contribution < 1.29 is 4.74 Å². The molecule has 2 N–H and O–H groups in total. The Morgan fingerprint density at radius 1 is 1.64 bits per heavy atom. The van der Waals surface area contributed by atoms with Crippen molar-refractivity contribution in [2.24, 2.45) is 5.73 Å². The molecular formula is C8H18N2O. The van der Waals surface area contributed by atoms with E-state index in [2.05, 4.69) is 11.8 Å². The molecule has 0 aromatic heterocycles. The van der Waals surface area contributed by atoms with Crippen LogP contribution in [0.3, 0.4) is 0 Å². The fourth-order valence-electron chi connectivity index (χ4n) is 1.61. The molecule has 1 fully saturated rings. The lowest BCUT2D eigenvalue weighted by molar-refractivity contribution is 0.00671. The van der Waals surface area contributed by atoms with E-state index in [-0.39, 0.29) is 5.60 Å². The Hall–Kier alpha value is -0.120. The van der Waals surface area contributed by atoms with Gasteiger partial charge in [-0.2, -0.15) is 0 Å². The van der Waals surface area contributed by atoms with Crippen molar-refractivity contribution in [3.8, 4) is 0 Å². The standard InChI is InChI=1S/C8H18N2O/c1-3-10-5-4-8(6-9,7-10)11-2/h3-7,9H2,1-2H3. The van der Waals surface area contributed by atoms with Gasteiger partial charge in [0.15, 0.2) is 0 Å². The lowest BCUT2D eigenvalue weighted by Crippen LogP contribution is -2.42. The van der Waals surface area contributed by atoms with E-state index in [0.29, 0.717) is 6.54 Å². The normalized spacial score (nSPS) is 33.0. The summed E-state index contributed by atoms with van der Waals surface area (Å²) in [5.41, 5.74) is 5.60. The number of likely N-dealkylation sites (tertiary alicyclic amines) is 1. The first-order valence-corrected chi connectivity index (χ1v) is 4.24. The lowest BCUT2D eigenvalue weighted by atomic mass is 10.0. The summed E-state index contributed by atoms with van der Waals surface area (Å²) in [5.74, 6) is 0. The van der Waals surface area contributed by atoms with Gasteiger partial charge in [-0.1, -0.05) is 6.92 Å². The highest BCUT2D eigenvalue weighted by Gasteiger charge is 2.35. The second-order valence-electron chi connectivity index (χ2n) is 3.21. The number of likely N-dealkylation sites (N-methyl/N-ethyl adjacent to an activating group) is 1. The summed E-state index contributed by atoms with van der Waals surface area (Å²) in [5, 5.41) is 0. The van der Waals surface area contributed by atoms with Gasteiger partial charge in [0, 0.05) is 26.7 Å². The van der Waals surface area contributed by atoms with Crippen molar-refractivity contribution in [1.29, 1.82) is 0 Å². The third-order valence-electron chi connectivity index (χ3n) is 2.65. The van der Waals surface area contributed by atoms with Gasteiger partial charge in [-0.3, -0.25) is 0 Å². The summed E-state index contributed by atoms with van der Waals surface area (Å²) in [7, 11) is 1.76. The first-order chi connectivity index (χ1) is 5.26. The van der Waals surface area contributed by atoms with E-state index >= 15 is 0 Å². The van der Waals surface area contributed by atoms with Gasteiger partial charge in [0.2, 0.25) is 0 Å². The van der Waals surface area contributed by atoms with Crippen LogP contribution in [0.2, 0.25) is 0 Å². The summed E-state index contributed by atoms with van der Waals surface area (Å²) in [4.78, 5) is 2.37.